The number of amides is 1. The van der Waals surface area contributed by atoms with Gasteiger partial charge in [-0.15, -0.1) is 5.10 Å². The van der Waals surface area contributed by atoms with E-state index in [2.05, 4.69) is 30.6 Å². The van der Waals surface area contributed by atoms with Crippen molar-refractivity contribution in [3.05, 3.63) is 18.0 Å². The Hall–Kier alpha value is -2.25. The van der Waals surface area contributed by atoms with E-state index in [0.717, 1.165) is 12.8 Å². The van der Waals surface area contributed by atoms with Crippen LogP contribution in [0.25, 0.3) is 0 Å². The smallest absolute Gasteiger partial charge is 0.288 e. The molecular weight excluding hydrogens is 222 g/mol. The van der Waals surface area contributed by atoms with E-state index >= 15 is 0 Å². The maximum atomic E-state index is 11.7. The number of anilines is 1. The molecule has 0 aromatic carbocycles. The molecule has 8 heteroatoms. The van der Waals surface area contributed by atoms with Crippen molar-refractivity contribution in [1.82, 2.24) is 29.9 Å². The summed E-state index contributed by atoms with van der Waals surface area (Å²) in [6, 6.07) is 0. The molecule has 17 heavy (non-hydrogen) atoms. The standard InChI is InChI=1S/C9H13N7O/c1-3-4-6-12-7(15-14-6)8(17)13-9-10-5-11-16(9)2/h5H,3-4H2,1-2H3,(H,12,14,15)(H,10,11,13,17). The molecule has 0 atom stereocenters. The number of aromatic nitrogens is 6. The van der Waals surface area contributed by atoms with Gasteiger partial charge in [-0.2, -0.15) is 10.1 Å². The lowest BCUT2D eigenvalue weighted by molar-refractivity contribution is 0.101. The lowest BCUT2D eigenvalue weighted by Crippen LogP contribution is -2.16. The van der Waals surface area contributed by atoms with Gasteiger partial charge in [0.2, 0.25) is 11.8 Å². The Kier molecular flexibility index (Phi) is 3.12. The predicted octanol–water partition coefficient (Wildman–Crippen LogP) is 0.138. The summed E-state index contributed by atoms with van der Waals surface area (Å²) in [5, 5.41) is 13.0. The van der Waals surface area contributed by atoms with Gasteiger partial charge in [-0.1, -0.05) is 6.92 Å². The van der Waals surface area contributed by atoms with Crippen LogP contribution in [-0.4, -0.2) is 35.9 Å². The van der Waals surface area contributed by atoms with E-state index in [9.17, 15) is 4.79 Å². The van der Waals surface area contributed by atoms with Gasteiger partial charge < -0.3 is 0 Å². The van der Waals surface area contributed by atoms with Gasteiger partial charge in [-0.05, 0) is 6.42 Å². The van der Waals surface area contributed by atoms with Gasteiger partial charge in [0.05, 0.1) is 0 Å². The minimum atomic E-state index is -0.403. The zero-order valence-electron chi connectivity index (χ0n) is 9.64. The van der Waals surface area contributed by atoms with Gasteiger partial charge in [-0.3, -0.25) is 15.2 Å². The van der Waals surface area contributed by atoms with Gasteiger partial charge in [0, 0.05) is 13.5 Å². The molecule has 2 heterocycles. The summed E-state index contributed by atoms with van der Waals surface area (Å²) in [7, 11) is 1.68. The van der Waals surface area contributed by atoms with Crippen molar-refractivity contribution in [2.24, 2.45) is 7.05 Å². The monoisotopic (exact) mass is 235 g/mol. The molecule has 0 aliphatic heterocycles. The van der Waals surface area contributed by atoms with Crippen molar-refractivity contribution < 1.29 is 4.79 Å². The van der Waals surface area contributed by atoms with Crippen molar-refractivity contribution in [3.63, 3.8) is 0 Å². The fraction of sp³-hybridized carbons (Fsp3) is 0.444. The summed E-state index contributed by atoms with van der Waals surface area (Å²) >= 11 is 0. The van der Waals surface area contributed by atoms with E-state index in [1.165, 1.54) is 11.0 Å². The summed E-state index contributed by atoms with van der Waals surface area (Å²) in [6.07, 6.45) is 3.07. The first-order valence-corrected chi connectivity index (χ1v) is 5.27. The SMILES string of the molecule is CCCc1nc(C(=O)Nc2ncnn2C)n[nH]1. The third-order valence-electron chi connectivity index (χ3n) is 2.16. The summed E-state index contributed by atoms with van der Waals surface area (Å²) in [5.74, 6) is 0.767. The number of carbonyl (C=O) groups is 1. The predicted molar refractivity (Wildman–Crippen MR) is 59.3 cm³/mol. The van der Waals surface area contributed by atoms with Crippen LogP contribution in [0.15, 0.2) is 6.33 Å². The van der Waals surface area contributed by atoms with Crippen molar-refractivity contribution in [2.45, 2.75) is 19.8 Å². The number of aromatic amines is 1. The van der Waals surface area contributed by atoms with Gasteiger partial charge >= 0.3 is 0 Å². The number of nitrogens with one attached hydrogen (secondary N) is 2. The van der Waals surface area contributed by atoms with Crippen LogP contribution < -0.4 is 5.32 Å². The van der Waals surface area contributed by atoms with Crippen LogP contribution in [0.5, 0.6) is 0 Å². The number of H-pyrrole nitrogens is 1. The quantitative estimate of drug-likeness (QED) is 0.784. The largest absolute Gasteiger partial charge is 0.297 e. The fourth-order valence-electron chi connectivity index (χ4n) is 1.31. The molecule has 0 saturated heterocycles. The number of nitrogens with zero attached hydrogens (tertiary/aromatic N) is 5. The minimum Gasteiger partial charge on any atom is -0.288 e. The molecule has 90 valence electrons. The highest BCUT2D eigenvalue weighted by Gasteiger charge is 2.14. The third-order valence-corrected chi connectivity index (χ3v) is 2.16. The highest BCUT2D eigenvalue weighted by Crippen LogP contribution is 2.02. The minimum absolute atomic E-state index is 0.108. The van der Waals surface area contributed by atoms with E-state index in [1.807, 2.05) is 6.92 Å². The summed E-state index contributed by atoms with van der Waals surface area (Å²) in [6.45, 7) is 2.03. The number of hydrogen-bond donors (Lipinski definition) is 2. The van der Waals surface area contributed by atoms with Crippen LogP contribution >= 0.6 is 0 Å². The van der Waals surface area contributed by atoms with Crippen LogP contribution in [-0.2, 0) is 13.5 Å². The number of carbonyl (C=O) groups excluding carboxylic acids is 1. The van der Waals surface area contributed by atoms with Crippen LogP contribution in [0.1, 0.15) is 29.8 Å². The molecule has 0 radical (unpaired) electrons. The first-order valence-electron chi connectivity index (χ1n) is 5.27. The van der Waals surface area contributed by atoms with Crippen molar-refractivity contribution in [2.75, 3.05) is 5.32 Å². The van der Waals surface area contributed by atoms with Crippen LogP contribution in [0.3, 0.4) is 0 Å². The van der Waals surface area contributed by atoms with E-state index in [1.54, 1.807) is 7.05 Å². The molecule has 2 aromatic heterocycles. The van der Waals surface area contributed by atoms with Gasteiger partial charge in [-0.25, -0.2) is 9.67 Å². The highest BCUT2D eigenvalue weighted by atomic mass is 16.2. The molecule has 0 aliphatic carbocycles. The molecule has 2 aromatic rings. The molecule has 0 fully saturated rings. The molecule has 2 rings (SSSR count). The maximum absolute atomic E-state index is 11.7. The van der Waals surface area contributed by atoms with Crippen molar-refractivity contribution >= 4 is 11.9 Å². The summed E-state index contributed by atoms with van der Waals surface area (Å²) in [5.41, 5.74) is 0. The zero-order valence-corrected chi connectivity index (χ0v) is 9.64. The third kappa shape index (κ3) is 2.47. The molecule has 0 unspecified atom stereocenters. The number of aryl methyl sites for hydroxylation is 2. The maximum Gasteiger partial charge on any atom is 0.297 e. The first kappa shape index (κ1) is 11.2. The second-order valence-electron chi connectivity index (χ2n) is 3.52. The number of rotatable bonds is 4. The molecular formula is C9H13N7O. The highest BCUT2D eigenvalue weighted by molar-refractivity contribution is 6.00. The van der Waals surface area contributed by atoms with E-state index in [-0.39, 0.29) is 5.82 Å². The van der Waals surface area contributed by atoms with Crippen LogP contribution in [0.4, 0.5) is 5.95 Å². The first-order chi connectivity index (χ1) is 8.20. The Morgan fingerprint density at radius 2 is 2.41 bits per heavy atom. The van der Waals surface area contributed by atoms with Gasteiger partial charge in [0.25, 0.3) is 5.91 Å². The Morgan fingerprint density at radius 1 is 1.59 bits per heavy atom. The lowest BCUT2D eigenvalue weighted by atomic mass is 10.3. The van der Waals surface area contributed by atoms with E-state index in [4.69, 9.17) is 0 Å². The van der Waals surface area contributed by atoms with Crippen LogP contribution in [0, 0.1) is 0 Å². The Morgan fingerprint density at radius 3 is 3.06 bits per heavy atom. The molecule has 1 amide bonds. The van der Waals surface area contributed by atoms with Gasteiger partial charge in [0.15, 0.2) is 0 Å². The van der Waals surface area contributed by atoms with Crippen molar-refractivity contribution in [3.8, 4) is 0 Å². The molecule has 2 N–H and O–H groups in total. The molecule has 0 spiro atoms. The lowest BCUT2D eigenvalue weighted by Gasteiger charge is -1.99. The normalized spacial score (nSPS) is 10.5. The second kappa shape index (κ2) is 4.73. The molecule has 0 saturated carbocycles. The topological polar surface area (TPSA) is 101 Å². The number of hydrogen-bond acceptors (Lipinski definition) is 5. The zero-order chi connectivity index (χ0) is 12.3. The Bertz CT molecular complexity index is 515. The second-order valence-corrected chi connectivity index (χ2v) is 3.52. The summed E-state index contributed by atoms with van der Waals surface area (Å²) < 4.78 is 1.46. The molecule has 8 nitrogen and oxygen atoms in total. The Balaban J connectivity index is 2.07. The molecule has 0 bridgehead atoms. The average molecular weight is 235 g/mol. The average Bonchev–Trinajstić information content (AvgIpc) is 2.90. The molecule has 0 aliphatic rings. The van der Waals surface area contributed by atoms with Crippen LogP contribution in [0.2, 0.25) is 0 Å². The Labute approximate surface area is 97.5 Å². The van der Waals surface area contributed by atoms with E-state index in [0.29, 0.717) is 11.8 Å². The van der Waals surface area contributed by atoms with E-state index < -0.39 is 5.91 Å². The summed E-state index contributed by atoms with van der Waals surface area (Å²) in [4.78, 5) is 19.7. The fourth-order valence-corrected chi connectivity index (χ4v) is 1.31. The van der Waals surface area contributed by atoms with Gasteiger partial charge in [0.1, 0.15) is 12.2 Å². The van der Waals surface area contributed by atoms with Crippen molar-refractivity contribution in [1.29, 1.82) is 0 Å².